The molecule has 2 rings (SSSR count). The van der Waals surface area contributed by atoms with Crippen molar-refractivity contribution in [2.24, 2.45) is 10.8 Å². The summed E-state index contributed by atoms with van der Waals surface area (Å²) in [6.45, 7) is 13.3. The monoisotopic (exact) mass is 438 g/mol. The highest BCUT2D eigenvalue weighted by Gasteiger charge is 2.12. The summed E-state index contributed by atoms with van der Waals surface area (Å²) < 4.78 is 0. The quantitative estimate of drug-likeness (QED) is 0.516. The van der Waals surface area contributed by atoms with Gasteiger partial charge in [-0.15, -0.1) is 0 Å². The van der Waals surface area contributed by atoms with E-state index in [-0.39, 0.29) is 18.6 Å². The Kier molecular flexibility index (Phi) is 10.2. The minimum Gasteiger partial charge on any atom is -0.392 e. The summed E-state index contributed by atoms with van der Waals surface area (Å²) in [6, 6.07) is 11.8. The average Bonchev–Trinajstić information content (AvgIpc) is 2.59. The zero-order valence-electron chi connectivity index (χ0n) is 18.6. The molecule has 0 radical (unpaired) electrons. The number of rotatable bonds is 5. The molecule has 2 nitrogen and oxygen atoms in total. The third kappa shape index (κ3) is 10.5. The molecule has 29 heavy (non-hydrogen) atoms. The summed E-state index contributed by atoms with van der Waals surface area (Å²) >= 11 is 12.0. The molecule has 4 heteroatoms. The molecule has 2 N–H and O–H groups in total. The molecule has 0 aromatic heterocycles. The molecule has 2 aromatic rings. The molecule has 2 aromatic carbocycles. The van der Waals surface area contributed by atoms with E-state index < -0.39 is 0 Å². The molecule has 162 valence electrons. The molecule has 0 heterocycles. The van der Waals surface area contributed by atoms with Crippen molar-refractivity contribution in [3.8, 4) is 0 Å². The van der Waals surface area contributed by atoms with Gasteiger partial charge in [-0.3, -0.25) is 0 Å². The first-order chi connectivity index (χ1) is 13.3. The maximum atomic E-state index is 8.98. The number of aryl methyl sites for hydroxylation is 1. The standard InChI is InChI=1S/C13H19ClO.C12H17ClO/c1-13(2,3)7-6-10-4-5-11(9-15)12(14)8-10;1-12(2,3)7-9-4-5-10(8-14)11(13)6-9/h4-5,8,15H,6-7,9H2,1-3H3;4-6,14H,7-8H2,1-3H3. The normalized spacial score (nSPS) is 11.8. The molecule has 0 aliphatic carbocycles. The number of aliphatic hydroxyl groups excluding tert-OH is 2. The number of hydrogen-bond acceptors (Lipinski definition) is 2. The second-order valence-corrected chi connectivity index (χ2v) is 10.8. The minimum absolute atomic E-state index is 0.00856. The zero-order chi connectivity index (χ0) is 22.2. The molecule has 0 aliphatic heterocycles. The second-order valence-electron chi connectivity index (χ2n) is 9.97. The van der Waals surface area contributed by atoms with Gasteiger partial charge >= 0.3 is 0 Å². The predicted molar refractivity (Wildman–Crippen MR) is 126 cm³/mol. The topological polar surface area (TPSA) is 40.5 Å². The van der Waals surface area contributed by atoms with Crippen molar-refractivity contribution in [3.05, 3.63) is 68.7 Å². The smallest absolute Gasteiger partial charge is 0.0696 e. The predicted octanol–water partition coefficient (Wildman–Crippen LogP) is 7.23. The van der Waals surface area contributed by atoms with Crippen LogP contribution in [0.5, 0.6) is 0 Å². The van der Waals surface area contributed by atoms with Crippen molar-refractivity contribution >= 4 is 23.2 Å². The fraction of sp³-hybridized carbons (Fsp3) is 0.520. The summed E-state index contributed by atoms with van der Waals surface area (Å²) in [5, 5.41) is 19.3. The fourth-order valence-corrected chi connectivity index (χ4v) is 3.36. The molecule has 0 fully saturated rings. The average molecular weight is 439 g/mol. The summed E-state index contributed by atoms with van der Waals surface area (Å²) in [4.78, 5) is 0. The van der Waals surface area contributed by atoms with E-state index in [0.717, 1.165) is 30.4 Å². The van der Waals surface area contributed by atoms with Gasteiger partial charge in [0.2, 0.25) is 0 Å². The van der Waals surface area contributed by atoms with Crippen LogP contribution >= 0.6 is 23.2 Å². The summed E-state index contributed by atoms with van der Waals surface area (Å²) in [5.41, 5.74) is 4.68. The van der Waals surface area contributed by atoms with E-state index in [4.69, 9.17) is 33.4 Å². The van der Waals surface area contributed by atoms with E-state index in [9.17, 15) is 0 Å². The van der Waals surface area contributed by atoms with E-state index in [1.165, 1.54) is 11.1 Å². The van der Waals surface area contributed by atoms with Crippen LogP contribution in [0, 0.1) is 10.8 Å². The Labute approximate surface area is 186 Å². The van der Waals surface area contributed by atoms with E-state index in [2.05, 4.69) is 41.5 Å². The molecule has 0 saturated carbocycles. The summed E-state index contributed by atoms with van der Waals surface area (Å²) in [5.74, 6) is 0. The van der Waals surface area contributed by atoms with Gasteiger partial charge in [0.25, 0.3) is 0 Å². The fourth-order valence-electron chi connectivity index (χ4n) is 2.84. The Balaban J connectivity index is 0.000000291. The Bertz CT molecular complexity index is 771. The van der Waals surface area contributed by atoms with Gasteiger partial charge < -0.3 is 10.2 Å². The van der Waals surface area contributed by atoms with Crippen LogP contribution in [0.25, 0.3) is 0 Å². The molecule has 0 spiro atoms. The second kappa shape index (κ2) is 11.4. The van der Waals surface area contributed by atoms with Gasteiger partial charge in [-0.25, -0.2) is 0 Å². The Morgan fingerprint density at radius 1 is 0.690 bits per heavy atom. The number of aliphatic hydroxyl groups is 2. The van der Waals surface area contributed by atoms with Crippen LogP contribution in [0.3, 0.4) is 0 Å². The third-order valence-electron chi connectivity index (χ3n) is 4.47. The van der Waals surface area contributed by atoms with Crippen molar-refractivity contribution in [1.82, 2.24) is 0 Å². The first-order valence-electron chi connectivity index (χ1n) is 10.1. The molecule has 0 amide bonds. The lowest BCUT2D eigenvalue weighted by molar-refractivity contribution is 0.281. The van der Waals surface area contributed by atoms with Gasteiger partial charge in [0, 0.05) is 10.0 Å². The van der Waals surface area contributed by atoms with Crippen LogP contribution in [0.2, 0.25) is 10.0 Å². The molecule has 0 unspecified atom stereocenters. The van der Waals surface area contributed by atoms with Crippen molar-refractivity contribution in [2.75, 3.05) is 0 Å². The third-order valence-corrected chi connectivity index (χ3v) is 5.18. The Morgan fingerprint density at radius 3 is 1.52 bits per heavy atom. The first-order valence-corrected chi connectivity index (χ1v) is 10.9. The van der Waals surface area contributed by atoms with Crippen LogP contribution in [-0.2, 0) is 26.1 Å². The van der Waals surface area contributed by atoms with E-state index in [1.54, 1.807) is 0 Å². The maximum Gasteiger partial charge on any atom is 0.0696 e. The number of benzene rings is 2. The van der Waals surface area contributed by atoms with Gasteiger partial charge in [0.15, 0.2) is 0 Å². The van der Waals surface area contributed by atoms with E-state index in [0.29, 0.717) is 15.5 Å². The largest absolute Gasteiger partial charge is 0.392 e. The van der Waals surface area contributed by atoms with Crippen LogP contribution < -0.4 is 0 Å². The SMILES string of the molecule is CC(C)(C)CCc1ccc(CO)c(Cl)c1.CC(C)(C)Cc1ccc(CO)c(Cl)c1. The van der Waals surface area contributed by atoms with Crippen LogP contribution in [0.1, 0.15) is 70.2 Å². The lowest BCUT2D eigenvalue weighted by atomic mass is 9.88. The van der Waals surface area contributed by atoms with Gasteiger partial charge in [-0.05, 0) is 64.5 Å². The van der Waals surface area contributed by atoms with Crippen LogP contribution in [-0.4, -0.2) is 10.2 Å². The van der Waals surface area contributed by atoms with Crippen LogP contribution in [0.15, 0.2) is 36.4 Å². The molecular weight excluding hydrogens is 403 g/mol. The number of halogens is 2. The van der Waals surface area contributed by atoms with Gasteiger partial charge in [-0.1, -0.05) is 89.0 Å². The molecule has 0 aliphatic rings. The first kappa shape index (κ1) is 26.0. The molecule has 0 saturated heterocycles. The molecule has 0 atom stereocenters. The highest BCUT2D eigenvalue weighted by molar-refractivity contribution is 6.31. The van der Waals surface area contributed by atoms with Crippen molar-refractivity contribution in [3.63, 3.8) is 0 Å². The minimum atomic E-state index is 0.00856. The van der Waals surface area contributed by atoms with E-state index >= 15 is 0 Å². The zero-order valence-corrected chi connectivity index (χ0v) is 20.2. The summed E-state index contributed by atoms with van der Waals surface area (Å²) in [6.07, 6.45) is 3.18. The van der Waals surface area contributed by atoms with Gasteiger partial charge in [0.1, 0.15) is 0 Å². The lowest BCUT2D eigenvalue weighted by Crippen LogP contribution is -2.09. The molecule has 0 bridgehead atoms. The van der Waals surface area contributed by atoms with Crippen molar-refractivity contribution in [2.45, 2.75) is 74.0 Å². The van der Waals surface area contributed by atoms with Gasteiger partial charge in [0.05, 0.1) is 13.2 Å². The van der Waals surface area contributed by atoms with Crippen LogP contribution in [0.4, 0.5) is 0 Å². The van der Waals surface area contributed by atoms with Crippen molar-refractivity contribution in [1.29, 1.82) is 0 Å². The highest BCUT2D eigenvalue weighted by atomic mass is 35.5. The Morgan fingerprint density at radius 2 is 1.14 bits per heavy atom. The number of hydrogen-bond donors (Lipinski definition) is 2. The maximum absolute atomic E-state index is 8.98. The van der Waals surface area contributed by atoms with E-state index in [1.807, 2.05) is 36.4 Å². The highest BCUT2D eigenvalue weighted by Crippen LogP contribution is 2.25. The van der Waals surface area contributed by atoms with Crippen molar-refractivity contribution < 1.29 is 10.2 Å². The molecular formula is C25H36Cl2O2. The summed E-state index contributed by atoms with van der Waals surface area (Å²) in [7, 11) is 0. The lowest BCUT2D eigenvalue weighted by Gasteiger charge is -2.18. The Hall–Kier alpha value is -1.06. The van der Waals surface area contributed by atoms with Gasteiger partial charge in [-0.2, -0.15) is 0 Å².